The topological polar surface area (TPSA) is 78.4 Å². The van der Waals surface area contributed by atoms with Gasteiger partial charge in [0.05, 0.1) is 12.1 Å². The summed E-state index contributed by atoms with van der Waals surface area (Å²) in [6.07, 6.45) is 0. The minimum absolute atomic E-state index is 0.0618. The molecule has 0 saturated carbocycles. The monoisotopic (exact) mass is 328 g/mol. The second kappa shape index (κ2) is 7.25. The van der Waals surface area contributed by atoms with Crippen molar-refractivity contribution in [1.29, 1.82) is 0 Å². The van der Waals surface area contributed by atoms with Crippen molar-refractivity contribution in [3.8, 4) is 0 Å². The number of carboxylic acids is 1. The summed E-state index contributed by atoms with van der Waals surface area (Å²) in [5, 5.41) is 14.6. The molecule has 0 saturated heterocycles. The van der Waals surface area contributed by atoms with E-state index in [9.17, 15) is 9.59 Å². The molecule has 0 spiro atoms. The van der Waals surface area contributed by atoms with Crippen LogP contribution in [0.4, 0.5) is 0 Å². The Bertz CT molecular complexity index is 475. The van der Waals surface area contributed by atoms with Crippen LogP contribution in [0.3, 0.4) is 0 Å². The molecule has 104 valence electrons. The van der Waals surface area contributed by atoms with Crippen molar-refractivity contribution in [1.82, 2.24) is 10.6 Å². The third-order valence-electron chi connectivity index (χ3n) is 2.35. The lowest BCUT2D eigenvalue weighted by Crippen LogP contribution is -2.37. The van der Waals surface area contributed by atoms with Gasteiger partial charge >= 0.3 is 5.97 Å². The molecule has 0 unspecified atom stereocenters. The van der Waals surface area contributed by atoms with Gasteiger partial charge in [-0.05, 0) is 31.5 Å². The predicted molar refractivity (Wildman–Crippen MR) is 76.1 cm³/mol. The van der Waals surface area contributed by atoms with Crippen molar-refractivity contribution in [2.24, 2.45) is 0 Å². The van der Waals surface area contributed by atoms with Crippen LogP contribution in [-0.4, -0.2) is 29.6 Å². The number of carboxylic acid groups (broad SMARTS) is 1. The standard InChI is InChI=1S/C13H17BrN2O3/c1-8(2)16-12(17)7-15-6-10-4-3-9(13(18)19)5-11(10)14/h3-5,8,15H,6-7H2,1-2H3,(H,16,17)(H,18,19). The highest BCUT2D eigenvalue weighted by atomic mass is 79.9. The number of halogens is 1. The molecule has 5 nitrogen and oxygen atoms in total. The number of benzene rings is 1. The second-order valence-electron chi connectivity index (χ2n) is 4.44. The molecule has 19 heavy (non-hydrogen) atoms. The largest absolute Gasteiger partial charge is 0.478 e. The van der Waals surface area contributed by atoms with Gasteiger partial charge in [0.15, 0.2) is 0 Å². The minimum atomic E-state index is -0.962. The van der Waals surface area contributed by atoms with Crippen molar-refractivity contribution in [3.05, 3.63) is 33.8 Å². The van der Waals surface area contributed by atoms with Gasteiger partial charge in [-0.1, -0.05) is 22.0 Å². The SMILES string of the molecule is CC(C)NC(=O)CNCc1ccc(C(=O)O)cc1Br. The third-order valence-corrected chi connectivity index (χ3v) is 3.09. The molecule has 0 atom stereocenters. The summed E-state index contributed by atoms with van der Waals surface area (Å²) in [7, 11) is 0. The molecule has 0 radical (unpaired) electrons. The van der Waals surface area contributed by atoms with Crippen molar-refractivity contribution in [2.75, 3.05) is 6.54 Å². The summed E-state index contributed by atoms with van der Waals surface area (Å²) >= 11 is 3.32. The van der Waals surface area contributed by atoms with E-state index < -0.39 is 5.97 Å². The first-order chi connectivity index (χ1) is 8.90. The number of carbonyl (C=O) groups is 2. The molecule has 0 heterocycles. The highest BCUT2D eigenvalue weighted by Crippen LogP contribution is 2.18. The molecule has 0 fully saturated rings. The number of hydrogen-bond donors (Lipinski definition) is 3. The van der Waals surface area contributed by atoms with Crippen LogP contribution in [0.25, 0.3) is 0 Å². The quantitative estimate of drug-likeness (QED) is 0.743. The fourth-order valence-electron chi connectivity index (χ4n) is 1.51. The van der Waals surface area contributed by atoms with E-state index in [4.69, 9.17) is 5.11 Å². The van der Waals surface area contributed by atoms with E-state index in [-0.39, 0.29) is 24.1 Å². The maximum absolute atomic E-state index is 11.4. The Hall–Kier alpha value is -1.40. The molecule has 0 aromatic heterocycles. The van der Waals surface area contributed by atoms with Crippen LogP contribution >= 0.6 is 15.9 Å². The Morgan fingerprint density at radius 1 is 1.37 bits per heavy atom. The van der Waals surface area contributed by atoms with Crippen LogP contribution in [0.1, 0.15) is 29.8 Å². The van der Waals surface area contributed by atoms with Gasteiger partial charge in [0, 0.05) is 17.1 Å². The molecular formula is C13H17BrN2O3. The normalized spacial score (nSPS) is 10.5. The van der Waals surface area contributed by atoms with Gasteiger partial charge in [0.1, 0.15) is 0 Å². The first kappa shape index (κ1) is 15.7. The first-order valence-corrected chi connectivity index (χ1v) is 6.71. The van der Waals surface area contributed by atoms with Gasteiger partial charge in [-0.2, -0.15) is 0 Å². The second-order valence-corrected chi connectivity index (χ2v) is 5.29. The Kier molecular flexibility index (Phi) is 5.98. The number of aromatic carboxylic acids is 1. The van der Waals surface area contributed by atoms with E-state index >= 15 is 0 Å². The number of rotatable bonds is 6. The Labute approximate surface area is 120 Å². The molecular weight excluding hydrogens is 312 g/mol. The minimum Gasteiger partial charge on any atom is -0.478 e. The molecule has 1 amide bonds. The van der Waals surface area contributed by atoms with Crippen LogP contribution in [0.2, 0.25) is 0 Å². The summed E-state index contributed by atoms with van der Waals surface area (Å²) in [6, 6.07) is 4.93. The van der Waals surface area contributed by atoms with E-state index in [1.165, 1.54) is 6.07 Å². The van der Waals surface area contributed by atoms with Crippen LogP contribution in [0.15, 0.2) is 22.7 Å². The number of hydrogen-bond acceptors (Lipinski definition) is 3. The van der Waals surface area contributed by atoms with Gasteiger partial charge in [0.2, 0.25) is 5.91 Å². The zero-order valence-corrected chi connectivity index (χ0v) is 12.5. The fraction of sp³-hybridized carbons (Fsp3) is 0.385. The molecule has 1 aromatic carbocycles. The highest BCUT2D eigenvalue weighted by Gasteiger charge is 2.07. The fourth-order valence-corrected chi connectivity index (χ4v) is 2.03. The molecule has 0 aliphatic rings. The zero-order valence-electron chi connectivity index (χ0n) is 10.9. The first-order valence-electron chi connectivity index (χ1n) is 5.92. The van der Waals surface area contributed by atoms with E-state index in [1.54, 1.807) is 12.1 Å². The molecule has 1 rings (SSSR count). The molecule has 3 N–H and O–H groups in total. The van der Waals surface area contributed by atoms with Gasteiger partial charge < -0.3 is 15.7 Å². The van der Waals surface area contributed by atoms with Crippen LogP contribution in [0.5, 0.6) is 0 Å². The van der Waals surface area contributed by atoms with Crippen LogP contribution < -0.4 is 10.6 Å². The molecule has 0 bridgehead atoms. The highest BCUT2D eigenvalue weighted by molar-refractivity contribution is 9.10. The maximum atomic E-state index is 11.4. The lowest BCUT2D eigenvalue weighted by atomic mass is 10.1. The Balaban J connectivity index is 2.50. The van der Waals surface area contributed by atoms with Gasteiger partial charge in [0.25, 0.3) is 0 Å². The summed E-state index contributed by atoms with van der Waals surface area (Å²) < 4.78 is 0.712. The maximum Gasteiger partial charge on any atom is 0.335 e. The number of amides is 1. The van der Waals surface area contributed by atoms with Gasteiger partial charge in [-0.3, -0.25) is 4.79 Å². The van der Waals surface area contributed by atoms with Crippen molar-refractivity contribution < 1.29 is 14.7 Å². The van der Waals surface area contributed by atoms with E-state index in [1.807, 2.05) is 13.8 Å². The lowest BCUT2D eigenvalue weighted by molar-refractivity contribution is -0.120. The van der Waals surface area contributed by atoms with Crippen molar-refractivity contribution in [2.45, 2.75) is 26.4 Å². The van der Waals surface area contributed by atoms with E-state index in [0.29, 0.717) is 11.0 Å². The average Bonchev–Trinajstić information content (AvgIpc) is 2.29. The Morgan fingerprint density at radius 2 is 2.05 bits per heavy atom. The van der Waals surface area contributed by atoms with E-state index in [2.05, 4.69) is 26.6 Å². The summed E-state index contributed by atoms with van der Waals surface area (Å²) in [5.74, 6) is -1.02. The summed E-state index contributed by atoms with van der Waals surface area (Å²) in [4.78, 5) is 22.2. The van der Waals surface area contributed by atoms with E-state index in [0.717, 1.165) is 5.56 Å². The molecule has 1 aromatic rings. The molecule has 0 aliphatic heterocycles. The molecule has 0 aliphatic carbocycles. The van der Waals surface area contributed by atoms with Crippen molar-refractivity contribution >= 4 is 27.8 Å². The number of carbonyl (C=O) groups excluding carboxylic acids is 1. The summed E-state index contributed by atoms with van der Waals surface area (Å²) in [5.41, 5.74) is 1.13. The summed E-state index contributed by atoms with van der Waals surface area (Å²) in [6.45, 7) is 4.52. The Morgan fingerprint density at radius 3 is 2.58 bits per heavy atom. The van der Waals surface area contributed by atoms with Crippen molar-refractivity contribution in [3.63, 3.8) is 0 Å². The zero-order chi connectivity index (χ0) is 14.4. The van der Waals surface area contributed by atoms with Gasteiger partial charge in [-0.15, -0.1) is 0 Å². The predicted octanol–water partition coefficient (Wildman–Crippen LogP) is 1.76. The van der Waals surface area contributed by atoms with Gasteiger partial charge in [-0.25, -0.2) is 4.79 Å². The van der Waals surface area contributed by atoms with Crippen LogP contribution in [0, 0.1) is 0 Å². The average molecular weight is 329 g/mol. The van der Waals surface area contributed by atoms with Crippen LogP contribution in [-0.2, 0) is 11.3 Å². The lowest BCUT2D eigenvalue weighted by Gasteiger charge is -2.10. The third kappa shape index (κ3) is 5.40. The number of nitrogens with one attached hydrogen (secondary N) is 2. The molecule has 6 heteroatoms. The smallest absolute Gasteiger partial charge is 0.335 e.